The normalized spacial score (nSPS) is 25.3. The Labute approximate surface area is 260 Å². The zero-order valence-corrected chi connectivity index (χ0v) is 26.6. The fourth-order valence-electron chi connectivity index (χ4n) is 7.89. The molecule has 6 rings (SSSR count). The molecule has 1 N–H and O–H groups in total. The van der Waals surface area contributed by atoms with Gasteiger partial charge in [-0.05, 0) is 117 Å². The topological polar surface area (TPSA) is 62.2 Å². The summed E-state index contributed by atoms with van der Waals surface area (Å²) in [6.07, 6.45) is 3.66. The molecule has 1 saturated heterocycles. The predicted molar refractivity (Wildman–Crippen MR) is 171 cm³/mol. The number of nitrogens with zero attached hydrogens (tertiary/aromatic N) is 2. The lowest BCUT2D eigenvalue weighted by atomic mass is 9.65. The maximum absolute atomic E-state index is 13.9. The second-order valence-electron chi connectivity index (χ2n) is 13.1. The number of carbonyl (C=O) groups excluding carboxylic acids is 1. The smallest absolute Gasteiger partial charge is 0.232 e. The van der Waals surface area contributed by atoms with Crippen molar-refractivity contribution in [3.05, 3.63) is 87.9 Å². The molecule has 1 aliphatic carbocycles. The van der Waals surface area contributed by atoms with Gasteiger partial charge in [0.25, 0.3) is 0 Å². The summed E-state index contributed by atoms with van der Waals surface area (Å²) in [4.78, 5) is 18.2. The molecular weight excluding hydrogens is 560 g/mol. The van der Waals surface area contributed by atoms with Crippen LogP contribution in [0.2, 0.25) is 5.02 Å². The first-order chi connectivity index (χ1) is 20.6. The van der Waals surface area contributed by atoms with Crippen molar-refractivity contribution in [2.24, 2.45) is 17.8 Å². The van der Waals surface area contributed by atoms with E-state index in [1.165, 1.54) is 6.42 Å². The van der Waals surface area contributed by atoms with E-state index in [1.807, 2.05) is 86.3 Å². The maximum Gasteiger partial charge on any atom is 0.232 e. The Hall–Kier alpha value is -3.06. The fraction of sp³-hybridized carbons (Fsp3) is 0.472. The van der Waals surface area contributed by atoms with Gasteiger partial charge in [-0.2, -0.15) is 0 Å². The number of aliphatic hydroxyl groups is 1. The van der Waals surface area contributed by atoms with Gasteiger partial charge in [-0.25, -0.2) is 0 Å². The summed E-state index contributed by atoms with van der Waals surface area (Å²) in [5, 5.41) is 12.6. The number of anilines is 1. The average Bonchev–Trinajstić information content (AvgIpc) is 3.37. The third-order valence-electron chi connectivity index (χ3n) is 9.87. The minimum atomic E-state index is -0.944. The first-order valence-electron chi connectivity index (χ1n) is 15.5. The summed E-state index contributed by atoms with van der Waals surface area (Å²) in [5.41, 5.74) is 3.62. The molecule has 2 aliphatic heterocycles. The molecule has 7 heteroatoms. The van der Waals surface area contributed by atoms with Crippen LogP contribution in [0.5, 0.6) is 11.5 Å². The van der Waals surface area contributed by atoms with Gasteiger partial charge in [0.05, 0.1) is 31.3 Å². The summed E-state index contributed by atoms with van der Waals surface area (Å²) < 4.78 is 11.8. The van der Waals surface area contributed by atoms with Gasteiger partial charge in [0.15, 0.2) is 11.5 Å². The standard InChI is InChI=1S/C36H43ClN2O4/c1-22(2)43-33-19-29-25(17-32(33)42-5)18-34(40)39(35(29)23-9-13-27(37)14-10-23)28-15-11-26(12-16-28)36(3,41)31-8-6-7-24-20-38(4)21-30(24)31/h9-17,19,22,24,30-31,35,41H,6-8,18,20-21H2,1-5H3/t24-,30?,31?,35+,36?/m1/s1. The van der Waals surface area contributed by atoms with E-state index in [1.54, 1.807) is 7.11 Å². The molecule has 3 unspecified atom stereocenters. The van der Waals surface area contributed by atoms with Crippen molar-refractivity contribution in [3.8, 4) is 11.5 Å². The summed E-state index contributed by atoms with van der Waals surface area (Å²) >= 11 is 6.28. The van der Waals surface area contributed by atoms with Crippen LogP contribution in [0.15, 0.2) is 60.7 Å². The molecule has 5 atom stereocenters. The van der Waals surface area contributed by atoms with Crippen LogP contribution in [0.3, 0.4) is 0 Å². The Kier molecular flexibility index (Phi) is 8.22. The molecule has 2 fully saturated rings. The van der Waals surface area contributed by atoms with Crippen LogP contribution in [0.25, 0.3) is 0 Å². The monoisotopic (exact) mass is 602 g/mol. The van der Waals surface area contributed by atoms with Crippen molar-refractivity contribution in [2.45, 2.75) is 64.2 Å². The molecule has 0 spiro atoms. The first-order valence-corrected chi connectivity index (χ1v) is 15.9. The second-order valence-corrected chi connectivity index (χ2v) is 13.6. The average molecular weight is 603 g/mol. The first kappa shape index (κ1) is 30.0. The van der Waals surface area contributed by atoms with Crippen molar-refractivity contribution in [1.82, 2.24) is 4.90 Å². The van der Waals surface area contributed by atoms with Gasteiger partial charge >= 0.3 is 0 Å². The predicted octanol–water partition coefficient (Wildman–Crippen LogP) is 7.00. The van der Waals surface area contributed by atoms with Gasteiger partial charge in [-0.3, -0.25) is 4.79 Å². The molecule has 3 aliphatic rings. The van der Waals surface area contributed by atoms with Crippen LogP contribution >= 0.6 is 11.6 Å². The number of benzene rings is 3. The molecule has 43 heavy (non-hydrogen) atoms. The molecule has 1 saturated carbocycles. The van der Waals surface area contributed by atoms with Gasteiger partial charge in [-0.1, -0.05) is 42.3 Å². The molecule has 228 valence electrons. The highest BCUT2D eigenvalue weighted by Crippen LogP contribution is 2.49. The highest BCUT2D eigenvalue weighted by molar-refractivity contribution is 6.30. The number of methoxy groups -OCH3 is 1. The van der Waals surface area contributed by atoms with Gasteiger partial charge in [0, 0.05) is 23.8 Å². The number of likely N-dealkylation sites (tertiary alicyclic amines) is 1. The fourth-order valence-corrected chi connectivity index (χ4v) is 8.02. The number of rotatable bonds is 7. The van der Waals surface area contributed by atoms with E-state index >= 15 is 0 Å². The molecule has 6 nitrogen and oxygen atoms in total. The number of amides is 1. The Morgan fingerprint density at radius 2 is 1.72 bits per heavy atom. The number of fused-ring (bicyclic) bond motifs is 2. The lowest BCUT2D eigenvalue weighted by Gasteiger charge is -2.43. The van der Waals surface area contributed by atoms with Gasteiger partial charge in [-0.15, -0.1) is 0 Å². The van der Waals surface area contributed by atoms with E-state index in [2.05, 4.69) is 11.9 Å². The number of hydrogen-bond acceptors (Lipinski definition) is 5. The molecule has 0 radical (unpaired) electrons. The highest BCUT2D eigenvalue weighted by atomic mass is 35.5. The number of halogens is 1. The van der Waals surface area contributed by atoms with Crippen molar-refractivity contribution >= 4 is 23.2 Å². The van der Waals surface area contributed by atoms with Crippen molar-refractivity contribution in [3.63, 3.8) is 0 Å². The van der Waals surface area contributed by atoms with E-state index < -0.39 is 5.60 Å². The van der Waals surface area contributed by atoms with E-state index in [0.717, 1.165) is 53.9 Å². The number of carbonyl (C=O) groups is 1. The third-order valence-corrected chi connectivity index (χ3v) is 10.1. The van der Waals surface area contributed by atoms with Crippen LogP contribution in [0.4, 0.5) is 5.69 Å². The van der Waals surface area contributed by atoms with E-state index in [0.29, 0.717) is 28.4 Å². The third kappa shape index (κ3) is 5.65. The largest absolute Gasteiger partial charge is 0.493 e. The minimum absolute atomic E-state index is 0.00402. The van der Waals surface area contributed by atoms with Crippen LogP contribution in [-0.2, 0) is 16.8 Å². The minimum Gasteiger partial charge on any atom is -0.493 e. The zero-order valence-electron chi connectivity index (χ0n) is 25.8. The van der Waals surface area contributed by atoms with Gasteiger partial charge in [0.1, 0.15) is 0 Å². The van der Waals surface area contributed by atoms with Crippen molar-refractivity contribution < 1.29 is 19.4 Å². The molecule has 2 heterocycles. The summed E-state index contributed by atoms with van der Waals surface area (Å²) in [6.45, 7) is 8.12. The van der Waals surface area contributed by atoms with E-state index in [9.17, 15) is 9.90 Å². The van der Waals surface area contributed by atoms with E-state index in [4.69, 9.17) is 21.1 Å². The van der Waals surface area contributed by atoms with Crippen LogP contribution in [0, 0.1) is 17.8 Å². The molecule has 3 aromatic carbocycles. The quantitative estimate of drug-likeness (QED) is 0.315. The van der Waals surface area contributed by atoms with Crippen molar-refractivity contribution in [1.29, 1.82) is 0 Å². The summed E-state index contributed by atoms with van der Waals surface area (Å²) in [7, 11) is 3.81. The Balaban J connectivity index is 1.38. The summed E-state index contributed by atoms with van der Waals surface area (Å²) in [5.74, 6) is 2.64. The van der Waals surface area contributed by atoms with Crippen molar-refractivity contribution in [2.75, 3.05) is 32.1 Å². The van der Waals surface area contributed by atoms with Crippen LogP contribution < -0.4 is 14.4 Å². The molecule has 0 bridgehead atoms. The lowest BCUT2D eigenvalue weighted by Crippen LogP contribution is -2.42. The molecular formula is C36H43ClN2O4. The Morgan fingerprint density at radius 1 is 1.00 bits per heavy atom. The maximum atomic E-state index is 13.9. The van der Waals surface area contributed by atoms with Gasteiger partial charge < -0.3 is 24.4 Å². The highest BCUT2D eigenvalue weighted by Gasteiger charge is 2.47. The van der Waals surface area contributed by atoms with Crippen LogP contribution in [-0.4, -0.2) is 49.3 Å². The Morgan fingerprint density at radius 3 is 2.40 bits per heavy atom. The summed E-state index contributed by atoms with van der Waals surface area (Å²) in [6, 6.07) is 19.3. The number of ether oxygens (including phenoxy) is 2. The zero-order chi connectivity index (χ0) is 30.5. The number of hydrogen-bond donors (Lipinski definition) is 1. The lowest BCUT2D eigenvalue weighted by molar-refractivity contribution is -0.118. The van der Waals surface area contributed by atoms with Crippen LogP contribution in [0.1, 0.15) is 68.3 Å². The van der Waals surface area contributed by atoms with E-state index in [-0.39, 0.29) is 30.4 Å². The SMILES string of the molecule is COc1cc2c(cc1OC(C)C)[C@H](c1ccc(Cl)cc1)N(c1ccc(C(C)(O)C3CCC[C@@H]4CN(C)CC34)cc1)C(=O)C2. The molecule has 1 amide bonds. The molecule has 0 aromatic heterocycles. The van der Waals surface area contributed by atoms with Gasteiger partial charge in [0.2, 0.25) is 5.91 Å². The molecule has 3 aromatic rings. The second kappa shape index (κ2) is 11.8. The Bertz CT molecular complexity index is 1470.